The Labute approximate surface area is 172 Å². The molecule has 7 heteroatoms. The van der Waals surface area contributed by atoms with E-state index in [0.29, 0.717) is 33.6 Å². The lowest BCUT2D eigenvalue weighted by Crippen LogP contribution is -2.34. The van der Waals surface area contributed by atoms with Crippen LogP contribution in [0.5, 0.6) is 5.75 Å². The van der Waals surface area contributed by atoms with Crippen molar-refractivity contribution >= 4 is 50.6 Å². The van der Waals surface area contributed by atoms with Crippen LogP contribution in [0, 0.1) is 0 Å². The predicted molar refractivity (Wildman–Crippen MR) is 115 cm³/mol. The maximum Gasteiger partial charge on any atom is 0.257 e. The number of ether oxygens (including phenoxy) is 1. The number of hydrogen-bond donors (Lipinski definition) is 2. The van der Waals surface area contributed by atoms with E-state index in [0.717, 1.165) is 12.8 Å². The van der Waals surface area contributed by atoms with Crippen LogP contribution in [0.15, 0.2) is 46.9 Å². The van der Waals surface area contributed by atoms with Crippen molar-refractivity contribution in [3.63, 3.8) is 0 Å². The average molecular weight is 449 g/mol. The molecule has 27 heavy (non-hydrogen) atoms. The Morgan fingerprint density at radius 1 is 1.15 bits per heavy atom. The summed E-state index contributed by atoms with van der Waals surface area (Å²) in [5, 5.41) is 5.69. The van der Waals surface area contributed by atoms with Crippen LogP contribution >= 0.6 is 28.1 Å². The first kappa shape index (κ1) is 21.1. The first-order valence-electron chi connectivity index (χ1n) is 8.56. The van der Waals surface area contributed by atoms with Crippen LogP contribution in [0.1, 0.15) is 47.4 Å². The van der Waals surface area contributed by atoms with Gasteiger partial charge >= 0.3 is 0 Å². The molecule has 0 fully saturated rings. The van der Waals surface area contributed by atoms with Crippen LogP contribution in [0.25, 0.3) is 0 Å². The molecule has 2 aromatic rings. The summed E-state index contributed by atoms with van der Waals surface area (Å²) in [7, 11) is 0. The number of hydrogen-bond acceptors (Lipinski definition) is 4. The van der Waals surface area contributed by atoms with Crippen LogP contribution in [0.2, 0.25) is 0 Å². The van der Waals surface area contributed by atoms with Gasteiger partial charge < -0.3 is 10.1 Å². The second-order valence-electron chi connectivity index (χ2n) is 5.89. The first-order chi connectivity index (χ1) is 12.9. The van der Waals surface area contributed by atoms with E-state index in [1.54, 1.807) is 42.5 Å². The molecule has 0 aromatic heterocycles. The van der Waals surface area contributed by atoms with Crippen LogP contribution in [0.4, 0.5) is 5.69 Å². The lowest BCUT2D eigenvalue weighted by molar-refractivity contribution is 0.0975. The van der Waals surface area contributed by atoms with Crippen LogP contribution in [-0.2, 0) is 0 Å². The van der Waals surface area contributed by atoms with Gasteiger partial charge in [0.05, 0.1) is 11.1 Å². The second-order valence-corrected chi connectivity index (χ2v) is 7.16. The Balaban J connectivity index is 1.98. The zero-order valence-corrected chi connectivity index (χ0v) is 17.6. The zero-order valence-electron chi connectivity index (χ0n) is 15.2. The molecular formula is C20H21BrN2O3S. The van der Waals surface area contributed by atoms with Gasteiger partial charge in [0.15, 0.2) is 10.9 Å². The molecule has 0 spiro atoms. The summed E-state index contributed by atoms with van der Waals surface area (Å²) in [4.78, 5) is 23.8. The van der Waals surface area contributed by atoms with Gasteiger partial charge in [0, 0.05) is 16.8 Å². The molecular weight excluding hydrogens is 428 g/mol. The third-order valence-corrected chi connectivity index (χ3v) is 4.53. The van der Waals surface area contributed by atoms with Crippen LogP contribution in [-0.4, -0.2) is 23.4 Å². The normalized spacial score (nSPS) is 10.2. The number of Topliss-reactive ketones (excluding diaryl/α,β-unsaturated/α-hetero) is 1. The number of thiocarbonyl (C=S) groups is 1. The summed E-state index contributed by atoms with van der Waals surface area (Å²) in [6.07, 6.45) is 2.03. The van der Waals surface area contributed by atoms with Gasteiger partial charge in [-0.25, -0.2) is 0 Å². The van der Waals surface area contributed by atoms with Gasteiger partial charge in [0.25, 0.3) is 5.91 Å². The standard InChI is InChI=1S/C20H21BrN2O3S/c1-3-4-10-26-18-9-8-15(12-17(18)21)19(25)23-20(27)22-16-7-5-6-14(11-16)13(2)24/h5-9,11-12H,3-4,10H2,1-2H3,(H2,22,23,25,27). The van der Waals surface area contributed by atoms with Gasteiger partial charge in [0.2, 0.25) is 0 Å². The maximum atomic E-state index is 12.4. The zero-order chi connectivity index (χ0) is 19.8. The number of anilines is 1. The maximum absolute atomic E-state index is 12.4. The van der Waals surface area contributed by atoms with Crippen LogP contribution in [0.3, 0.4) is 0 Å². The number of amides is 1. The highest BCUT2D eigenvalue weighted by molar-refractivity contribution is 9.10. The van der Waals surface area contributed by atoms with E-state index in [1.807, 2.05) is 0 Å². The van der Waals surface area contributed by atoms with Gasteiger partial charge in [-0.2, -0.15) is 0 Å². The Bertz CT molecular complexity index is 855. The van der Waals surface area contributed by atoms with Gasteiger partial charge in [0.1, 0.15) is 5.75 Å². The number of unbranched alkanes of at least 4 members (excludes halogenated alkanes) is 1. The molecule has 2 rings (SSSR count). The molecule has 0 heterocycles. The summed E-state index contributed by atoms with van der Waals surface area (Å²) in [6, 6.07) is 12.0. The van der Waals surface area contributed by atoms with E-state index in [4.69, 9.17) is 17.0 Å². The molecule has 0 unspecified atom stereocenters. The molecule has 0 radical (unpaired) electrons. The third kappa shape index (κ3) is 6.45. The predicted octanol–water partition coefficient (Wildman–Crippen LogP) is 4.96. The second kappa shape index (κ2) is 10.2. The topological polar surface area (TPSA) is 67.4 Å². The number of carbonyl (C=O) groups is 2. The minimum Gasteiger partial charge on any atom is -0.492 e. The lowest BCUT2D eigenvalue weighted by atomic mass is 10.1. The number of ketones is 1. The third-order valence-electron chi connectivity index (χ3n) is 3.70. The summed E-state index contributed by atoms with van der Waals surface area (Å²) in [6.45, 7) is 4.22. The van der Waals surface area contributed by atoms with Crippen molar-refractivity contribution in [1.82, 2.24) is 5.32 Å². The fraction of sp³-hybridized carbons (Fsp3) is 0.250. The molecule has 0 aliphatic heterocycles. The van der Waals surface area contributed by atoms with Crippen molar-refractivity contribution < 1.29 is 14.3 Å². The molecule has 0 bridgehead atoms. The molecule has 0 aliphatic carbocycles. The quantitative estimate of drug-likeness (QED) is 0.356. The SMILES string of the molecule is CCCCOc1ccc(C(=O)NC(=S)Nc2cccc(C(C)=O)c2)cc1Br. The fourth-order valence-corrected chi connectivity index (χ4v) is 2.94. The first-order valence-corrected chi connectivity index (χ1v) is 9.76. The van der Waals surface area contributed by atoms with E-state index in [-0.39, 0.29) is 16.8 Å². The number of benzene rings is 2. The molecule has 1 amide bonds. The Hall–Kier alpha value is -2.25. The highest BCUT2D eigenvalue weighted by atomic mass is 79.9. The summed E-state index contributed by atoms with van der Waals surface area (Å²) >= 11 is 8.61. The van der Waals surface area contributed by atoms with Crippen molar-refractivity contribution in [2.45, 2.75) is 26.7 Å². The largest absolute Gasteiger partial charge is 0.492 e. The Morgan fingerprint density at radius 3 is 2.59 bits per heavy atom. The molecule has 142 valence electrons. The number of rotatable bonds is 7. The molecule has 2 aromatic carbocycles. The van der Waals surface area contributed by atoms with E-state index < -0.39 is 0 Å². The van der Waals surface area contributed by atoms with Crippen molar-refractivity contribution in [1.29, 1.82) is 0 Å². The van der Waals surface area contributed by atoms with Gasteiger partial charge in [-0.1, -0.05) is 25.5 Å². The number of halogens is 1. The number of nitrogens with one attached hydrogen (secondary N) is 2. The molecule has 2 N–H and O–H groups in total. The average Bonchev–Trinajstić information content (AvgIpc) is 2.63. The monoisotopic (exact) mass is 448 g/mol. The van der Waals surface area contributed by atoms with E-state index in [1.165, 1.54) is 6.92 Å². The van der Waals surface area contributed by atoms with Crippen molar-refractivity contribution in [3.8, 4) is 5.75 Å². The fourth-order valence-electron chi connectivity index (χ4n) is 2.24. The van der Waals surface area contributed by atoms with Crippen molar-refractivity contribution in [2.24, 2.45) is 0 Å². The Kier molecular flexibility index (Phi) is 7.94. The minimum absolute atomic E-state index is 0.0419. The molecule has 0 aliphatic rings. The Morgan fingerprint density at radius 2 is 1.93 bits per heavy atom. The highest BCUT2D eigenvalue weighted by Crippen LogP contribution is 2.26. The lowest BCUT2D eigenvalue weighted by Gasteiger charge is -2.12. The molecule has 5 nitrogen and oxygen atoms in total. The molecule has 0 saturated heterocycles. The summed E-state index contributed by atoms with van der Waals surface area (Å²) < 4.78 is 6.37. The van der Waals surface area contributed by atoms with Gasteiger partial charge in [-0.3, -0.25) is 14.9 Å². The van der Waals surface area contributed by atoms with E-state index in [9.17, 15) is 9.59 Å². The van der Waals surface area contributed by atoms with Crippen LogP contribution < -0.4 is 15.4 Å². The summed E-state index contributed by atoms with van der Waals surface area (Å²) in [5.41, 5.74) is 1.65. The smallest absolute Gasteiger partial charge is 0.257 e. The van der Waals surface area contributed by atoms with E-state index in [2.05, 4.69) is 33.5 Å². The van der Waals surface area contributed by atoms with E-state index >= 15 is 0 Å². The molecule has 0 atom stereocenters. The highest BCUT2D eigenvalue weighted by Gasteiger charge is 2.11. The molecule has 0 saturated carbocycles. The van der Waals surface area contributed by atoms with Crippen molar-refractivity contribution in [3.05, 3.63) is 58.1 Å². The van der Waals surface area contributed by atoms with Crippen molar-refractivity contribution in [2.75, 3.05) is 11.9 Å². The van der Waals surface area contributed by atoms with Gasteiger partial charge in [-0.05, 0) is 71.8 Å². The summed E-state index contributed by atoms with van der Waals surface area (Å²) in [5.74, 6) is 0.317. The van der Waals surface area contributed by atoms with Gasteiger partial charge in [-0.15, -0.1) is 0 Å². The minimum atomic E-state index is -0.337. The number of carbonyl (C=O) groups excluding carboxylic acids is 2.